The maximum atomic E-state index is 13.5. The van der Waals surface area contributed by atoms with E-state index in [1.54, 1.807) is 30.3 Å². The quantitative estimate of drug-likeness (QED) is 0.576. The first-order valence-electron chi connectivity index (χ1n) is 5.02. The van der Waals surface area contributed by atoms with Gasteiger partial charge in [-0.05, 0) is 18.6 Å². The number of esters is 1. The minimum atomic E-state index is -1.63. The Labute approximate surface area is 92.2 Å². The molecule has 2 unspecified atom stereocenters. The number of hydrogen-bond acceptors (Lipinski definition) is 3. The number of rotatable bonds is 4. The van der Waals surface area contributed by atoms with Crippen molar-refractivity contribution < 1.29 is 18.7 Å². The van der Waals surface area contributed by atoms with E-state index < -0.39 is 17.6 Å². The minimum Gasteiger partial charge on any atom is -0.459 e. The first-order valence-corrected chi connectivity index (χ1v) is 5.02. The van der Waals surface area contributed by atoms with Crippen LogP contribution in [-0.4, -0.2) is 24.5 Å². The molecule has 1 saturated carbocycles. The Morgan fingerprint density at radius 1 is 1.50 bits per heavy atom. The minimum absolute atomic E-state index is 0.151. The number of carbonyl (C=O) groups excluding carboxylic acids is 2. The summed E-state index contributed by atoms with van der Waals surface area (Å²) in [4.78, 5) is 21.8. The highest BCUT2D eigenvalue weighted by molar-refractivity contribution is 5.89. The molecule has 0 aromatic heterocycles. The van der Waals surface area contributed by atoms with Crippen LogP contribution in [0.15, 0.2) is 30.3 Å². The number of benzene rings is 1. The first-order chi connectivity index (χ1) is 7.65. The van der Waals surface area contributed by atoms with E-state index in [1.807, 2.05) is 0 Å². The Morgan fingerprint density at radius 2 is 2.19 bits per heavy atom. The van der Waals surface area contributed by atoms with Gasteiger partial charge in [0.2, 0.25) is 0 Å². The lowest BCUT2D eigenvalue weighted by molar-refractivity contribution is -0.110. The normalized spacial score (nSPS) is 27.2. The molecule has 0 aliphatic heterocycles. The number of halogens is 1. The third-order valence-corrected chi connectivity index (χ3v) is 2.68. The largest absolute Gasteiger partial charge is 0.459 e. The van der Waals surface area contributed by atoms with Crippen molar-refractivity contribution >= 4 is 12.3 Å². The first kappa shape index (κ1) is 10.8. The summed E-state index contributed by atoms with van der Waals surface area (Å²) in [5.41, 5.74) is -1.25. The lowest BCUT2D eigenvalue weighted by Gasteiger charge is -2.07. The average molecular weight is 222 g/mol. The van der Waals surface area contributed by atoms with Gasteiger partial charge in [0.25, 0.3) is 0 Å². The summed E-state index contributed by atoms with van der Waals surface area (Å²) in [5, 5.41) is 0. The van der Waals surface area contributed by atoms with Crippen molar-refractivity contribution in [2.75, 3.05) is 6.61 Å². The van der Waals surface area contributed by atoms with Crippen LogP contribution >= 0.6 is 0 Å². The highest BCUT2D eigenvalue weighted by Gasteiger charge is 2.56. The van der Waals surface area contributed by atoms with E-state index in [0.29, 0.717) is 11.8 Å². The van der Waals surface area contributed by atoms with E-state index >= 15 is 0 Å². The van der Waals surface area contributed by atoms with Crippen LogP contribution < -0.4 is 0 Å². The van der Waals surface area contributed by atoms with Crippen molar-refractivity contribution in [1.82, 2.24) is 0 Å². The van der Waals surface area contributed by atoms with E-state index in [0.717, 1.165) is 0 Å². The van der Waals surface area contributed by atoms with Gasteiger partial charge in [0.15, 0.2) is 5.67 Å². The van der Waals surface area contributed by atoms with Gasteiger partial charge in [-0.15, -0.1) is 0 Å². The summed E-state index contributed by atoms with van der Waals surface area (Å²) in [6.45, 7) is -0.343. The molecule has 1 aromatic carbocycles. The SMILES string of the molecule is O=CC1CC1(F)COC(=O)c1ccccc1. The third kappa shape index (κ3) is 2.10. The zero-order valence-electron chi connectivity index (χ0n) is 8.56. The topological polar surface area (TPSA) is 43.4 Å². The predicted octanol–water partition coefficient (Wildman–Crippen LogP) is 1.77. The van der Waals surface area contributed by atoms with Gasteiger partial charge in [0, 0.05) is 0 Å². The van der Waals surface area contributed by atoms with Crippen LogP contribution in [0, 0.1) is 5.92 Å². The highest BCUT2D eigenvalue weighted by atomic mass is 19.1. The van der Waals surface area contributed by atoms with Gasteiger partial charge in [-0.25, -0.2) is 9.18 Å². The van der Waals surface area contributed by atoms with Crippen LogP contribution in [0.2, 0.25) is 0 Å². The van der Waals surface area contributed by atoms with Gasteiger partial charge in [0.1, 0.15) is 12.9 Å². The standard InChI is InChI=1S/C12H11FO3/c13-12(6-10(12)7-14)8-16-11(15)9-4-2-1-3-5-9/h1-5,7,10H,6,8H2. The smallest absolute Gasteiger partial charge is 0.338 e. The van der Waals surface area contributed by atoms with Crippen LogP contribution in [0.1, 0.15) is 16.8 Å². The van der Waals surface area contributed by atoms with E-state index in [1.165, 1.54) is 0 Å². The number of alkyl halides is 1. The van der Waals surface area contributed by atoms with Gasteiger partial charge in [-0.1, -0.05) is 18.2 Å². The molecule has 4 heteroatoms. The molecular formula is C12H11FO3. The molecule has 1 aliphatic carbocycles. The fourth-order valence-corrected chi connectivity index (χ4v) is 1.49. The monoisotopic (exact) mass is 222 g/mol. The van der Waals surface area contributed by atoms with Gasteiger partial charge < -0.3 is 9.53 Å². The molecule has 16 heavy (non-hydrogen) atoms. The number of carbonyl (C=O) groups is 2. The summed E-state index contributed by atoms with van der Waals surface area (Å²) >= 11 is 0. The Kier molecular flexibility index (Phi) is 2.73. The number of aldehydes is 1. The Bertz CT molecular complexity index is 404. The second kappa shape index (κ2) is 4.04. The van der Waals surface area contributed by atoms with Crippen LogP contribution in [0.4, 0.5) is 4.39 Å². The summed E-state index contributed by atoms with van der Waals surface area (Å²) in [7, 11) is 0. The van der Waals surface area contributed by atoms with Gasteiger partial charge in [-0.2, -0.15) is 0 Å². The van der Waals surface area contributed by atoms with E-state index in [9.17, 15) is 14.0 Å². The van der Waals surface area contributed by atoms with Gasteiger partial charge >= 0.3 is 5.97 Å². The molecule has 3 nitrogen and oxygen atoms in total. The van der Waals surface area contributed by atoms with Crippen LogP contribution in [-0.2, 0) is 9.53 Å². The molecule has 0 N–H and O–H groups in total. The predicted molar refractivity (Wildman–Crippen MR) is 54.7 cm³/mol. The van der Waals surface area contributed by atoms with E-state index in [2.05, 4.69) is 0 Å². The van der Waals surface area contributed by atoms with Crippen molar-refractivity contribution in [1.29, 1.82) is 0 Å². The maximum absolute atomic E-state index is 13.5. The van der Waals surface area contributed by atoms with Crippen molar-refractivity contribution in [3.63, 3.8) is 0 Å². The molecule has 0 radical (unpaired) electrons. The van der Waals surface area contributed by atoms with E-state index in [-0.39, 0.29) is 13.0 Å². The Hall–Kier alpha value is -1.71. The molecule has 0 saturated heterocycles. The maximum Gasteiger partial charge on any atom is 0.338 e. The highest BCUT2D eigenvalue weighted by Crippen LogP contribution is 2.45. The Morgan fingerprint density at radius 3 is 2.75 bits per heavy atom. The summed E-state index contributed by atoms with van der Waals surface area (Å²) < 4.78 is 18.3. The second-order valence-electron chi connectivity index (χ2n) is 3.92. The van der Waals surface area contributed by atoms with Crippen molar-refractivity contribution in [2.45, 2.75) is 12.1 Å². The molecule has 0 heterocycles. The molecule has 84 valence electrons. The molecule has 0 bridgehead atoms. The van der Waals surface area contributed by atoms with Gasteiger partial charge in [0.05, 0.1) is 11.5 Å². The number of hydrogen-bond donors (Lipinski definition) is 0. The average Bonchev–Trinajstić information content (AvgIpc) is 2.99. The fourth-order valence-electron chi connectivity index (χ4n) is 1.49. The molecular weight excluding hydrogens is 211 g/mol. The number of ether oxygens (including phenoxy) is 1. The molecule has 0 amide bonds. The molecule has 1 aliphatic rings. The zero-order chi connectivity index (χ0) is 11.6. The molecule has 2 atom stereocenters. The molecule has 1 aromatic rings. The summed E-state index contributed by atoms with van der Waals surface area (Å²) in [5.74, 6) is -1.18. The van der Waals surface area contributed by atoms with Crippen molar-refractivity contribution in [3.8, 4) is 0 Å². The van der Waals surface area contributed by atoms with Crippen molar-refractivity contribution in [2.24, 2.45) is 5.92 Å². The molecule has 0 spiro atoms. The van der Waals surface area contributed by atoms with Crippen LogP contribution in [0.25, 0.3) is 0 Å². The second-order valence-corrected chi connectivity index (χ2v) is 3.92. The van der Waals surface area contributed by atoms with Gasteiger partial charge in [-0.3, -0.25) is 0 Å². The Balaban J connectivity index is 1.88. The lowest BCUT2D eigenvalue weighted by Crippen LogP contribution is -2.18. The van der Waals surface area contributed by atoms with Crippen molar-refractivity contribution in [3.05, 3.63) is 35.9 Å². The lowest BCUT2D eigenvalue weighted by atomic mass is 10.2. The fraction of sp³-hybridized carbons (Fsp3) is 0.333. The summed E-state index contributed by atoms with van der Waals surface area (Å²) in [6, 6.07) is 8.37. The zero-order valence-corrected chi connectivity index (χ0v) is 8.56. The van der Waals surface area contributed by atoms with E-state index in [4.69, 9.17) is 4.74 Å². The van der Waals surface area contributed by atoms with Crippen LogP contribution in [0.5, 0.6) is 0 Å². The summed E-state index contributed by atoms with van der Waals surface area (Å²) in [6.07, 6.45) is 0.717. The van der Waals surface area contributed by atoms with Crippen LogP contribution in [0.3, 0.4) is 0 Å². The third-order valence-electron chi connectivity index (χ3n) is 2.68. The molecule has 1 fully saturated rings. The molecule has 2 rings (SSSR count).